The Balaban J connectivity index is 1.46. The maximum absolute atomic E-state index is 10.3. The fourth-order valence-corrected chi connectivity index (χ4v) is 3.69. The average molecular weight is 419 g/mol. The molecule has 6 heteroatoms. The first-order valence-corrected chi connectivity index (χ1v) is 10.7. The summed E-state index contributed by atoms with van der Waals surface area (Å²) in [5.41, 5.74) is 2.37. The number of ether oxygens (including phenoxy) is 2. The van der Waals surface area contributed by atoms with Crippen molar-refractivity contribution in [3.8, 4) is 11.5 Å². The molecule has 1 fully saturated rings. The van der Waals surface area contributed by atoms with Gasteiger partial charge in [0.05, 0.1) is 7.11 Å². The van der Waals surface area contributed by atoms with Crippen LogP contribution in [0.5, 0.6) is 11.5 Å². The van der Waals surface area contributed by atoms with Crippen molar-refractivity contribution in [3.05, 3.63) is 58.6 Å². The highest BCUT2D eigenvalue weighted by Gasteiger charge is 2.17. The Hall–Kier alpha value is -1.79. The zero-order valence-corrected chi connectivity index (χ0v) is 17.8. The largest absolute Gasteiger partial charge is 0.493 e. The van der Waals surface area contributed by atoms with Gasteiger partial charge >= 0.3 is 0 Å². The minimum Gasteiger partial charge on any atom is -0.493 e. The van der Waals surface area contributed by atoms with E-state index in [1.54, 1.807) is 7.11 Å². The van der Waals surface area contributed by atoms with Crippen LogP contribution in [0.4, 0.5) is 0 Å². The molecular formula is C23H31ClN2O3. The SMILES string of the molecule is COc1ccc(CNCCc2ccc(Cl)cc2)cc1OCC(O)CN1CCCC1. The Kier molecular flexibility index (Phi) is 8.62. The molecule has 0 amide bonds. The first-order chi connectivity index (χ1) is 14.1. The second kappa shape index (κ2) is 11.4. The molecule has 0 aromatic heterocycles. The molecule has 29 heavy (non-hydrogen) atoms. The van der Waals surface area contributed by atoms with Crippen LogP contribution < -0.4 is 14.8 Å². The highest BCUT2D eigenvalue weighted by Crippen LogP contribution is 2.28. The Morgan fingerprint density at radius 3 is 2.52 bits per heavy atom. The number of hydrogen-bond donors (Lipinski definition) is 2. The number of aliphatic hydroxyl groups is 1. The van der Waals surface area contributed by atoms with Crippen molar-refractivity contribution in [2.75, 3.05) is 39.9 Å². The highest BCUT2D eigenvalue weighted by molar-refractivity contribution is 6.30. The Labute approximate surface area is 178 Å². The van der Waals surface area contributed by atoms with Gasteiger partial charge in [0.2, 0.25) is 0 Å². The fourth-order valence-electron chi connectivity index (χ4n) is 3.56. The lowest BCUT2D eigenvalue weighted by atomic mass is 10.1. The zero-order valence-electron chi connectivity index (χ0n) is 17.1. The van der Waals surface area contributed by atoms with Crippen LogP contribution in [0.3, 0.4) is 0 Å². The summed E-state index contributed by atoms with van der Waals surface area (Å²) in [6, 6.07) is 13.9. The maximum atomic E-state index is 10.3. The third-order valence-corrected chi connectivity index (χ3v) is 5.41. The number of benzene rings is 2. The normalized spacial score (nSPS) is 15.4. The van der Waals surface area contributed by atoms with Crippen molar-refractivity contribution in [3.63, 3.8) is 0 Å². The molecule has 1 heterocycles. The fraction of sp³-hybridized carbons (Fsp3) is 0.478. The molecular weight excluding hydrogens is 388 g/mol. The Morgan fingerprint density at radius 1 is 1.07 bits per heavy atom. The summed E-state index contributed by atoms with van der Waals surface area (Å²) in [6.45, 7) is 4.67. The molecule has 1 unspecified atom stereocenters. The summed E-state index contributed by atoms with van der Waals surface area (Å²) >= 11 is 5.92. The average Bonchev–Trinajstić information content (AvgIpc) is 3.24. The summed E-state index contributed by atoms with van der Waals surface area (Å²) in [6.07, 6.45) is 2.88. The van der Waals surface area contributed by atoms with E-state index in [1.807, 2.05) is 30.3 Å². The van der Waals surface area contributed by atoms with Gasteiger partial charge in [-0.05, 0) is 74.3 Å². The number of nitrogens with one attached hydrogen (secondary N) is 1. The molecule has 1 aliphatic heterocycles. The number of halogens is 1. The number of aliphatic hydroxyl groups excluding tert-OH is 1. The van der Waals surface area contributed by atoms with Crippen LogP contribution in [0, 0.1) is 0 Å². The van der Waals surface area contributed by atoms with Gasteiger partial charge in [-0.15, -0.1) is 0 Å². The number of hydrogen-bond acceptors (Lipinski definition) is 5. The summed E-state index contributed by atoms with van der Waals surface area (Å²) in [5, 5.41) is 14.5. The first kappa shape index (κ1) is 21.9. The Morgan fingerprint density at radius 2 is 1.79 bits per heavy atom. The predicted octanol–water partition coefficient (Wildman–Crippen LogP) is 3.52. The van der Waals surface area contributed by atoms with Crippen molar-refractivity contribution >= 4 is 11.6 Å². The number of methoxy groups -OCH3 is 1. The number of β-amino-alcohol motifs (C(OH)–C–C–N with tert-alkyl or cyclic N) is 1. The van der Waals surface area contributed by atoms with Crippen LogP contribution in [-0.4, -0.2) is 56.0 Å². The van der Waals surface area contributed by atoms with Crippen LogP contribution >= 0.6 is 11.6 Å². The summed E-state index contributed by atoms with van der Waals surface area (Å²) in [4.78, 5) is 2.28. The van der Waals surface area contributed by atoms with Crippen molar-refractivity contribution in [1.82, 2.24) is 10.2 Å². The van der Waals surface area contributed by atoms with Crippen LogP contribution in [-0.2, 0) is 13.0 Å². The lowest BCUT2D eigenvalue weighted by molar-refractivity contribution is 0.0746. The van der Waals surface area contributed by atoms with Crippen LogP contribution in [0.15, 0.2) is 42.5 Å². The molecule has 0 radical (unpaired) electrons. The molecule has 1 aliphatic rings. The third-order valence-electron chi connectivity index (χ3n) is 5.16. The van der Waals surface area contributed by atoms with E-state index in [1.165, 1.54) is 18.4 Å². The van der Waals surface area contributed by atoms with E-state index < -0.39 is 6.10 Å². The van der Waals surface area contributed by atoms with Gasteiger partial charge in [0.15, 0.2) is 11.5 Å². The maximum Gasteiger partial charge on any atom is 0.161 e. The molecule has 1 saturated heterocycles. The standard InChI is InChI=1S/C23H31ClN2O3/c1-28-22-9-6-19(15-25-11-10-18-4-7-20(24)8-5-18)14-23(22)29-17-21(27)16-26-12-2-3-13-26/h4-9,14,21,25,27H,2-3,10-13,15-17H2,1H3. The van der Waals surface area contributed by atoms with Crippen LogP contribution in [0.2, 0.25) is 5.02 Å². The molecule has 158 valence electrons. The molecule has 5 nitrogen and oxygen atoms in total. The topological polar surface area (TPSA) is 54.0 Å². The number of likely N-dealkylation sites (tertiary alicyclic amines) is 1. The quantitative estimate of drug-likeness (QED) is 0.547. The van der Waals surface area contributed by atoms with E-state index in [0.29, 0.717) is 18.0 Å². The van der Waals surface area contributed by atoms with E-state index >= 15 is 0 Å². The van der Waals surface area contributed by atoms with Crippen molar-refractivity contribution < 1.29 is 14.6 Å². The Bertz CT molecular complexity index is 748. The highest BCUT2D eigenvalue weighted by atomic mass is 35.5. The molecule has 2 N–H and O–H groups in total. The second-order valence-corrected chi connectivity index (χ2v) is 7.95. The first-order valence-electron chi connectivity index (χ1n) is 10.3. The van der Waals surface area contributed by atoms with Gasteiger partial charge in [-0.3, -0.25) is 0 Å². The molecule has 1 atom stereocenters. The smallest absolute Gasteiger partial charge is 0.161 e. The minimum atomic E-state index is -0.501. The number of rotatable bonds is 11. The van der Waals surface area contributed by atoms with Gasteiger partial charge in [-0.2, -0.15) is 0 Å². The zero-order chi connectivity index (χ0) is 20.5. The van der Waals surface area contributed by atoms with E-state index in [0.717, 1.165) is 43.2 Å². The molecule has 3 rings (SSSR count). The van der Waals surface area contributed by atoms with Gasteiger partial charge in [-0.1, -0.05) is 29.8 Å². The van der Waals surface area contributed by atoms with E-state index in [4.69, 9.17) is 21.1 Å². The van der Waals surface area contributed by atoms with Crippen LogP contribution in [0.1, 0.15) is 24.0 Å². The lowest BCUT2D eigenvalue weighted by Crippen LogP contribution is -2.33. The van der Waals surface area contributed by atoms with Crippen LogP contribution in [0.25, 0.3) is 0 Å². The van der Waals surface area contributed by atoms with Gasteiger partial charge in [0, 0.05) is 18.1 Å². The summed E-state index contributed by atoms with van der Waals surface area (Å²) < 4.78 is 11.3. The van der Waals surface area contributed by atoms with Gasteiger partial charge in [-0.25, -0.2) is 0 Å². The van der Waals surface area contributed by atoms with E-state index in [2.05, 4.69) is 22.3 Å². The molecule has 2 aromatic carbocycles. The van der Waals surface area contributed by atoms with Crippen molar-refractivity contribution in [1.29, 1.82) is 0 Å². The molecule has 0 aliphatic carbocycles. The third kappa shape index (κ3) is 7.19. The molecule has 0 spiro atoms. The van der Waals surface area contributed by atoms with Gasteiger partial charge in [0.1, 0.15) is 12.7 Å². The lowest BCUT2D eigenvalue weighted by Gasteiger charge is -2.20. The van der Waals surface area contributed by atoms with Gasteiger partial charge < -0.3 is 24.8 Å². The summed E-state index contributed by atoms with van der Waals surface area (Å²) in [7, 11) is 1.63. The minimum absolute atomic E-state index is 0.264. The molecule has 2 aromatic rings. The molecule has 0 bridgehead atoms. The number of nitrogens with zero attached hydrogens (tertiary/aromatic N) is 1. The monoisotopic (exact) mass is 418 g/mol. The van der Waals surface area contributed by atoms with Crippen molar-refractivity contribution in [2.45, 2.75) is 31.9 Å². The van der Waals surface area contributed by atoms with Gasteiger partial charge in [0.25, 0.3) is 0 Å². The van der Waals surface area contributed by atoms with E-state index in [-0.39, 0.29) is 6.61 Å². The summed E-state index contributed by atoms with van der Waals surface area (Å²) in [5.74, 6) is 1.35. The van der Waals surface area contributed by atoms with Crippen molar-refractivity contribution in [2.24, 2.45) is 0 Å². The molecule has 0 saturated carbocycles. The second-order valence-electron chi connectivity index (χ2n) is 7.51. The predicted molar refractivity (Wildman–Crippen MR) is 117 cm³/mol. The van der Waals surface area contributed by atoms with E-state index in [9.17, 15) is 5.11 Å².